The van der Waals surface area contributed by atoms with Crippen LogP contribution < -0.4 is 10.1 Å². The van der Waals surface area contributed by atoms with Crippen LogP contribution in [0.5, 0.6) is 5.75 Å². The van der Waals surface area contributed by atoms with Crippen molar-refractivity contribution in [1.29, 1.82) is 0 Å². The second-order valence-electron chi connectivity index (χ2n) is 4.02. The zero-order valence-electron chi connectivity index (χ0n) is 10.6. The lowest BCUT2D eigenvalue weighted by atomic mass is 10.2. The number of imidazole rings is 1. The number of hydrogen-bond donors (Lipinski definition) is 1. The van der Waals surface area contributed by atoms with Crippen LogP contribution in [0.25, 0.3) is 0 Å². The van der Waals surface area contributed by atoms with Gasteiger partial charge < -0.3 is 14.6 Å². The van der Waals surface area contributed by atoms with Gasteiger partial charge in [-0.2, -0.15) is 0 Å². The molecule has 1 atom stereocenters. The summed E-state index contributed by atoms with van der Waals surface area (Å²) in [6.07, 6.45) is 5.02. The molecule has 0 aliphatic carbocycles. The van der Waals surface area contributed by atoms with Gasteiger partial charge in [0.05, 0.1) is 17.9 Å². The van der Waals surface area contributed by atoms with Crippen molar-refractivity contribution in [1.82, 2.24) is 9.55 Å². The van der Waals surface area contributed by atoms with Crippen molar-refractivity contribution >= 4 is 27.5 Å². The van der Waals surface area contributed by atoms with E-state index in [4.69, 9.17) is 4.74 Å². The number of amides is 1. The van der Waals surface area contributed by atoms with E-state index in [1.54, 1.807) is 48.6 Å². The van der Waals surface area contributed by atoms with Crippen molar-refractivity contribution in [3.63, 3.8) is 0 Å². The van der Waals surface area contributed by atoms with Gasteiger partial charge in [0.25, 0.3) is 0 Å². The van der Waals surface area contributed by atoms with Crippen LogP contribution in [0, 0.1) is 0 Å². The minimum atomic E-state index is -0.316. The summed E-state index contributed by atoms with van der Waals surface area (Å²) in [6, 6.07) is 5.07. The third-order valence-electron chi connectivity index (χ3n) is 2.77. The highest BCUT2D eigenvalue weighted by molar-refractivity contribution is 9.10. The summed E-state index contributed by atoms with van der Waals surface area (Å²) in [6.45, 7) is 1.82. The summed E-state index contributed by atoms with van der Waals surface area (Å²) in [4.78, 5) is 16.0. The summed E-state index contributed by atoms with van der Waals surface area (Å²) < 4.78 is 7.68. The first-order valence-electron chi connectivity index (χ1n) is 5.73. The molecule has 0 aliphatic heterocycles. The lowest BCUT2D eigenvalue weighted by molar-refractivity contribution is -0.118. The van der Waals surface area contributed by atoms with Gasteiger partial charge in [0.1, 0.15) is 11.8 Å². The molecule has 0 saturated heterocycles. The zero-order valence-corrected chi connectivity index (χ0v) is 12.2. The van der Waals surface area contributed by atoms with Gasteiger partial charge in [0.2, 0.25) is 5.91 Å². The van der Waals surface area contributed by atoms with Crippen LogP contribution in [-0.2, 0) is 4.79 Å². The number of carbonyl (C=O) groups is 1. The number of aromatic nitrogens is 2. The molecule has 19 heavy (non-hydrogen) atoms. The number of hydrogen-bond acceptors (Lipinski definition) is 3. The van der Waals surface area contributed by atoms with Crippen molar-refractivity contribution in [3.8, 4) is 5.75 Å². The third-order valence-corrected chi connectivity index (χ3v) is 3.39. The Hall–Kier alpha value is -1.82. The molecule has 0 unspecified atom stereocenters. The number of benzene rings is 1. The van der Waals surface area contributed by atoms with Gasteiger partial charge in [0.15, 0.2) is 0 Å². The second kappa shape index (κ2) is 5.88. The molecule has 2 aromatic rings. The van der Waals surface area contributed by atoms with Crippen LogP contribution in [0.1, 0.15) is 13.0 Å². The van der Waals surface area contributed by atoms with Crippen LogP contribution in [0.15, 0.2) is 41.4 Å². The standard InChI is InChI=1S/C13H14BrN3O2/c1-9(17-6-5-15-8-17)13(18)16-10-3-4-12(19-2)11(14)7-10/h3-9H,1-2H3,(H,16,18)/t9-/m1/s1. The first kappa shape index (κ1) is 13.6. The molecule has 1 aromatic carbocycles. The average Bonchev–Trinajstić information content (AvgIpc) is 2.92. The van der Waals surface area contributed by atoms with Crippen LogP contribution in [0.2, 0.25) is 0 Å². The van der Waals surface area contributed by atoms with Crippen molar-refractivity contribution in [3.05, 3.63) is 41.4 Å². The van der Waals surface area contributed by atoms with E-state index in [0.29, 0.717) is 5.69 Å². The predicted molar refractivity (Wildman–Crippen MR) is 76.3 cm³/mol. The quantitative estimate of drug-likeness (QED) is 0.941. The first-order chi connectivity index (χ1) is 9.11. The van der Waals surface area contributed by atoms with E-state index in [9.17, 15) is 4.79 Å². The van der Waals surface area contributed by atoms with Gasteiger partial charge in [0, 0.05) is 18.1 Å². The summed E-state index contributed by atoms with van der Waals surface area (Å²) in [7, 11) is 1.60. The first-order valence-corrected chi connectivity index (χ1v) is 6.53. The molecule has 0 radical (unpaired) electrons. The van der Waals surface area contributed by atoms with Crippen LogP contribution in [-0.4, -0.2) is 22.6 Å². The molecule has 1 heterocycles. The second-order valence-corrected chi connectivity index (χ2v) is 4.88. The number of halogens is 1. The van der Waals surface area contributed by atoms with E-state index >= 15 is 0 Å². The number of methoxy groups -OCH3 is 1. The molecule has 5 nitrogen and oxygen atoms in total. The van der Waals surface area contributed by atoms with Crippen molar-refractivity contribution in [2.45, 2.75) is 13.0 Å². The summed E-state index contributed by atoms with van der Waals surface area (Å²) in [5.74, 6) is 0.621. The molecule has 1 aromatic heterocycles. The maximum atomic E-state index is 12.1. The van der Waals surface area contributed by atoms with Gasteiger partial charge >= 0.3 is 0 Å². The van der Waals surface area contributed by atoms with Gasteiger partial charge in [-0.15, -0.1) is 0 Å². The maximum Gasteiger partial charge on any atom is 0.247 e. The highest BCUT2D eigenvalue weighted by Crippen LogP contribution is 2.28. The molecule has 6 heteroatoms. The Balaban J connectivity index is 2.09. The normalized spacial score (nSPS) is 11.9. The number of carbonyl (C=O) groups excluding carboxylic acids is 1. The largest absolute Gasteiger partial charge is 0.496 e. The molecule has 2 rings (SSSR count). The number of nitrogens with zero attached hydrogens (tertiary/aromatic N) is 2. The topological polar surface area (TPSA) is 56.1 Å². The molecule has 1 amide bonds. The van der Waals surface area contributed by atoms with Gasteiger partial charge in [-0.05, 0) is 41.1 Å². The van der Waals surface area contributed by atoms with Gasteiger partial charge in [-0.25, -0.2) is 4.98 Å². The molecular weight excluding hydrogens is 310 g/mol. The molecule has 1 N–H and O–H groups in total. The van der Waals surface area contributed by atoms with Crippen LogP contribution >= 0.6 is 15.9 Å². The lowest BCUT2D eigenvalue weighted by Crippen LogP contribution is -2.22. The lowest BCUT2D eigenvalue weighted by Gasteiger charge is -2.14. The van der Waals surface area contributed by atoms with Crippen LogP contribution in [0.4, 0.5) is 5.69 Å². The van der Waals surface area contributed by atoms with Gasteiger partial charge in [-0.1, -0.05) is 0 Å². The van der Waals surface area contributed by atoms with E-state index < -0.39 is 0 Å². The fourth-order valence-electron chi connectivity index (χ4n) is 1.62. The fourth-order valence-corrected chi connectivity index (χ4v) is 2.17. The molecular formula is C13H14BrN3O2. The number of nitrogens with one attached hydrogen (secondary N) is 1. The number of anilines is 1. The smallest absolute Gasteiger partial charge is 0.247 e. The van der Waals surface area contributed by atoms with Gasteiger partial charge in [-0.3, -0.25) is 4.79 Å². The third kappa shape index (κ3) is 3.14. The Labute approximate surface area is 119 Å². The van der Waals surface area contributed by atoms with E-state index in [2.05, 4.69) is 26.2 Å². The highest BCUT2D eigenvalue weighted by Gasteiger charge is 2.14. The molecule has 100 valence electrons. The Morgan fingerprint density at radius 3 is 2.89 bits per heavy atom. The summed E-state index contributed by atoms with van der Waals surface area (Å²) in [5.41, 5.74) is 0.713. The fraction of sp³-hybridized carbons (Fsp3) is 0.231. The predicted octanol–water partition coefficient (Wildman–Crippen LogP) is 2.85. The van der Waals surface area contributed by atoms with Crippen molar-refractivity contribution < 1.29 is 9.53 Å². The Kier molecular flexibility index (Phi) is 4.21. The maximum absolute atomic E-state index is 12.1. The van der Waals surface area contributed by atoms with Crippen LogP contribution in [0.3, 0.4) is 0 Å². The zero-order chi connectivity index (χ0) is 13.8. The molecule has 0 saturated carbocycles. The average molecular weight is 324 g/mol. The summed E-state index contributed by atoms with van der Waals surface area (Å²) >= 11 is 3.38. The van der Waals surface area contributed by atoms with Crippen molar-refractivity contribution in [2.24, 2.45) is 0 Å². The SMILES string of the molecule is COc1ccc(NC(=O)[C@@H](C)n2ccnc2)cc1Br. The molecule has 0 spiro atoms. The number of rotatable bonds is 4. The minimum absolute atomic E-state index is 0.102. The molecule has 0 fully saturated rings. The van der Waals surface area contributed by atoms with E-state index in [0.717, 1.165) is 10.2 Å². The summed E-state index contributed by atoms with van der Waals surface area (Å²) in [5, 5.41) is 2.85. The number of ether oxygens (including phenoxy) is 1. The Bertz CT molecular complexity index is 569. The monoisotopic (exact) mass is 323 g/mol. The van der Waals surface area contributed by atoms with E-state index in [-0.39, 0.29) is 11.9 Å². The van der Waals surface area contributed by atoms with E-state index in [1.807, 2.05) is 6.92 Å². The Morgan fingerprint density at radius 2 is 2.32 bits per heavy atom. The van der Waals surface area contributed by atoms with Crippen molar-refractivity contribution in [2.75, 3.05) is 12.4 Å². The Morgan fingerprint density at radius 1 is 1.53 bits per heavy atom. The van der Waals surface area contributed by atoms with E-state index in [1.165, 1.54) is 0 Å². The highest BCUT2D eigenvalue weighted by atomic mass is 79.9. The molecule has 0 aliphatic rings. The minimum Gasteiger partial charge on any atom is -0.496 e. The molecule has 0 bridgehead atoms.